The predicted octanol–water partition coefficient (Wildman–Crippen LogP) is 4.60. The van der Waals surface area contributed by atoms with Gasteiger partial charge >= 0.3 is 0 Å². The van der Waals surface area contributed by atoms with Crippen LogP contribution in [0.1, 0.15) is 12.5 Å². The van der Waals surface area contributed by atoms with Crippen molar-refractivity contribution >= 4 is 33.2 Å². The van der Waals surface area contributed by atoms with Gasteiger partial charge < -0.3 is 10.1 Å². The number of amides is 1. The fourth-order valence-electron chi connectivity index (χ4n) is 3.03. The summed E-state index contributed by atoms with van der Waals surface area (Å²) in [5.74, 6) is 0.818. The number of halogens is 1. The number of anilines is 1. The average Bonchev–Trinajstić information content (AvgIpc) is 2.74. The standard InChI is InChI=1S/C23H23ClN2O4S/c1-17(23(27)25-16-18-8-10-19(24)11-9-18)26(31(2,28)29)20-12-14-22(15-13-20)30-21-6-4-3-5-7-21/h3-15,17H,16H2,1-2H3,(H,25,27)/t17-/m1/s1. The summed E-state index contributed by atoms with van der Waals surface area (Å²) < 4.78 is 31.8. The fourth-order valence-corrected chi connectivity index (χ4v) is 4.33. The molecule has 0 aliphatic heterocycles. The van der Waals surface area contributed by atoms with Gasteiger partial charge in [0.25, 0.3) is 0 Å². The van der Waals surface area contributed by atoms with Crippen molar-refractivity contribution in [2.75, 3.05) is 10.6 Å². The number of carbonyl (C=O) groups is 1. The Kier molecular flexibility index (Phi) is 7.20. The van der Waals surface area contributed by atoms with Crippen LogP contribution in [0.5, 0.6) is 11.5 Å². The highest BCUT2D eigenvalue weighted by atomic mass is 35.5. The Morgan fingerprint density at radius 3 is 2.13 bits per heavy atom. The fraction of sp³-hybridized carbons (Fsp3) is 0.174. The summed E-state index contributed by atoms with van der Waals surface area (Å²) in [6.07, 6.45) is 1.07. The molecule has 0 aliphatic carbocycles. The van der Waals surface area contributed by atoms with Crippen LogP contribution in [0, 0.1) is 0 Å². The summed E-state index contributed by atoms with van der Waals surface area (Å²) in [7, 11) is -3.71. The molecule has 0 radical (unpaired) electrons. The van der Waals surface area contributed by atoms with Gasteiger partial charge in [-0.2, -0.15) is 0 Å². The molecule has 1 atom stereocenters. The molecule has 3 rings (SSSR count). The van der Waals surface area contributed by atoms with Crippen molar-refractivity contribution in [3.63, 3.8) is 0 Å². The van der Waals surface area contributed by atoms with Gasteiger partial charge in [0.15, 0.2) is 0 Å². The molecule has 0 fully saturated rings. The van der Waals surface area contributed by atoms with E-state index in [9.17, 15) is 13.2 Å². The van der Waals surface area contributed by atoms with E-state index in [2.05, 4.69) is 5.32 Å². The van der Waals surface area contributed by atoms with Crippen molar-refractivity contribution in [1.29, 1.82) is 0 Å². The van der Waals surface area contributed by atoms with E-state index >= 15 is 0 Å². The Bertz CT molecular complexity index is 1120. The Morgan fingerprint density at radius 2 is 1.55 bits per heavy atom. The number of sulfonamides is 1. The van der Waals surface area contributed by atoms with Gasteiger partial charge in [-0.1, -0.05) is 41.9 Å². The molecular formula is C23H23ClN2O4S. The monoisotopic (exact) mass is 458 g/mol. The maximum absolute atomic E-state index is 12.7. The van der Waals surface area contributed by atoms with Crippen molar-refractivity contribution in [3.05, 3.63) is 89.4 Å². The van der Waals surface area contributed by atoms with Crippen LogP contribution in [0.4, 0.5) is 5.69 Å². The van der Waals surface area contributed by atoms with Crippen LogP contribution in [0.3, 0.4) is 0 Å². The molecule has 3 aromatic rings. The lowest BCUT2D eigenvalue weighted by Gasteiger charge is -2.28. The van der Waals surface area contributed by atoms with Crippen molar-refractivity contribution in [1.82, 2.24) is 5.32 Å². The maximum Gasteiger partial charge on any atom is 0.243 e. The highest BCUT2D eigenvalue weighted by Gasteiger charge is 2.29. The molecular weight excluding hydrogens is 436 g/mol. The van der Waals surface area contributed by atoms with Crippen LogP contribution < -0.4 is 14.4 Å². The molecule has 0 heterocycles. The molecule has 162 valence electrons. The number of benzene rings is 3. The first-order valence-electron chi connectivity index (χ1n) is 9.58. The average molecular weight is 459 g/mol. The molecule has 1 N–H and O–H groups in total. The lowest BCUT2D eigenvalue weighted by molar-refractivity contribution is -0.122. The van der Waals surface area contributed by atoms with Crippen molar-refractivity contribution in [3.8, 4) is 11.5 Å². The predicted molar refractivity (Wildman–Crippen MR) is 123 cm³/mol. The summed E-state index contributed by atoms with van der Waals surface area (Å²) in [5.41, 5.74) is 1.23. The number of para-hydroxylation sites is 1. The molecule has 1 amide bonds. The molecule has 0 spiro atoms. The third-order valence-corrected chi connectivity index (χ3v) is 6.03. The van der Waals surface area contributed by atoms with Gasteiger partial charge in [-0.3, -0.25) is 9.10 Å². The van der Waals surface area contributed by atoms with Crippen LogP contribution >= 0.6 is 11.6 Å². The van der Waals surface area contributed by atoms with Gasteiger partial charge in [0.2, 0.25) is 15.9 Å². The number of carbonyl (C=O) groups excluding carboxylic acids is 1. The molecule has 0 aliphatic rings. The summed E-state index contributed by atoms with van der Waals surface area (Å²) in [4.78, 5) is 12.7. The van der Waals surface area contributed by atoms with E-state index in [1.807, 2.05) is 30.3 Å². The topological polar surface area (TPSA) is 75.7 Å². The minimum Gasteiger partial charge on any atom is -0.457 e. The van der Waals surface area contributed by atoms with E-state index in [1.54, 1.807) is 55.5 Å². The van der Waals surface area contributed by atoms with E-state index in [4.69, 9.17) is 16.3 Å². The van der Waals surface area contributed by atoms with E-state index in [0.29, 0.717) is 22.2 Å². The first-order valence-corrected chi connectivity index (χ1v) is 11.8. The number of hydrogen-bond donors (Lipinski definition) is 1. The van der Waals surface area contributed by atoms with Gasteiger partial charge in [-0.05, 0) is 61.0 Å². The Labute approximate surface area is 187 Å². The lowest BCUT2D eigenvalue weighted by Crippen LogP contribution is -2.47. The van der Waals surface area contributed by atoms with E-state index in [1.165, 1.54) is 0 Å². The maximum atomic E-state index is 12.7. The zero-order chi connectivity index (χ0) is 22.4. The van der Waals surface area contributed by atoms with E-state index in [-0.39, 0.29) is 6.54 Å². The SMILES string of the molecule is C[C@H](C(=O)NCc1ccc(Cl)cc1)N(c1ccc(Oc2ccccc2)cc1)S(C)(=O)=O. The molecule has 31 heavy (non-hydrogen) atoms. The number of nitrogens with zero attached hydrogens (tertiary/aromatic N) is 1. The number of nitrogens with one attached hydrogen (secondary N) is 1. The normalized spacial score (nSPS) is 12.1. The highest BCUT2D eigenvalue weighted by Crippen LogP contribution is 2.27. The second-order valence-corrected chi connectivity index (χ2v) is 9.28. The largest absolute Gasteiger partial charge is 0.457 e. The third-order valence-electron chi connectivity index (χ3n) is 4.54. The molecule has 0 saturated heterocycles. The summed E-state index contributed by atoms with van der Waals surface area (Å²) >= 11 is 5.87. The number of rotatable bonds is 8. The zero-order valence-electron chi connectivity index (χ0n) is 17.2. The van der Waals surface area contributed by atoms with Crippen molar-refractivity contribution in [2.24, 2.45) is 0 Å². The van der Waals surface area contributed by atoms with Crippen LogP contribution in [-0.4, -0.2) is 26.6 Å². The van der Waals surface area contributed by atoms with Crippen LogP contribution in [0.25, 0.3) is 0 Å². The van der Waals surface area contributed by atoms with Gasteiger partial charge in [0.1, 0.15) is 17.5 Å². The first kappa shape index (κ1) is 22.7. The van der Waals surface area contributed by atoms with Gasteiger partial charge in [-0.15, -0.1) is 0 Å². The molecule has 0 aromatic heterocycles. The minimum absolute atomic E-state index is 0.266. The lowest BCUT2D eigenvalue weighted by atomic mass is 10.2. The Hall–Kier alpha value is -3.03. The van der Waals surface area contributed by atoms with Gasteiger partial charge in [-0.25, -0.2) is 8.42 Å². The number of ether oxygens (including phenoxy) is 1. The molecule has 6 nitrogen and oxygen atoms in total. The highest BCUT2D eigenvalue weighted by molar-refractivity contribution is 7.92. The van der Waals surface area contributed by atoms with Crippen LogP contribution in [0.15, 0.2) is 78.9 Å². The molecule has 8 heteroatoms. The second-order valence-electron chi connectivity index (χ2n) is 6.99. The zero-order valence-corrected chi connectivity index (χ0v) is 18.7. The second kappa shape index (κ2) is 9.85. The summed E-state index contributed by atoms with van der Waals surface area (Å²) in [5, 5.41) is 3.37. The van der Waals surface area contributed by atoms with Gasteiger partial charge in [0, 0.05) is 11.6 Å². The Balaban J connectivity index is 1.73. The molecule has 0 unspecified atom stereocenters. The first-order chi connectivity index (χ1) is 14.7. The smallest absolute Gasteiger partial charge is 0.243 e. The van der Waals surface area contributed by atoms with E-state index < -0.39 is 22.0 Å². The van der Waals surface area contributed by atoms with Crippen molar-refractivity contribution < 1.29 is 17.9 Å². The Morgan fingerprint density at radius 1 is 0.968 bits per heavy atom. The minimum atomic E-state index is -3.71. The van der Waals surface area contributed by atoms with Gasteiger partial charge in [0.05, 0.1) is 11.9 Å². The van der Waals surface area contributed by atoms with E-state index in [0.717, 1.165) is 16.1 Å². The molecule has 0 bridgehead atoms. The summed E-state index contributed by atoms with van der Waals surface area (Å²) in [6.45, 7) is 1.81. The summed E-state index contributed by atoms with van der Waals surface area (Å²) in [6, 6.07) is 21.9. The van der Waals surface area contributed by atoms with Crippen LogP contribution in [0.2, 0.25) is 5.02 Å². The third kappa shape index (κ3) is 6.23. The molecule has 0 saturated carbocycles. The van der Waals surface area contributed by atoms with Crippen molar-refractivity contribution in [2.45, 2.75) is 19.5 Å². The van der Waals surface area contributed by atoms with Crippen LogP contribution in [-0.2, 0) is 21.4 Å². The quantitative estimate of drug-likeness (QED) is 0.535. The molecule has 3 aromatic carbocycles. The number of hydrogen-bond acceptors (Lipinski definition) is 4.